The van der Waals surface area contributed by atoms with E-state index >= 15 is 0 Å². The van der Waals surface area contributed by atoms with Crippen molar-refractivity contribution in [2.45, 2.75) is 39.2 Å². The van der Waals surface area contributed by atoms with Crippen LogP contribution in [0.25, 0.3) is 5.69 Å². The minimum Gasteiger partial charge on any atom is -0.480 e. The number of benzene rings is 1. The van der Waals surface area contributed by atoms with Crippen LogP contribution in [0.15, 0.2) is 30.3 Å². The van der Waals surface area contributed by atoms with E-state index in [0.717, 1.165) is 29.8 Å². The van der Waals surface area contributed by atoms with E-state index in [0.29, 0.717) is 18.7 Å². The van der Waals surface area contributed by atoms with Crippen molar-refractivity contribution in [2.24, 2.45) is 0 Å². The zero-order valence-electron chi connectivity index (χ0n) is 13.9. The fourth-order valence-corrected chi connectivity index (χ4v) is 3.10. The van der Waals surface area contributed by atoms with E-state index in [1.807, 2.05) is 38.1 Å². The van der Waals surface area contributed by atoms with E-state index in [4.69, 9.17) is 0 Å². The maximum Gasteiger partial charge on any atom is 0.326 e. The molecule has 1 aliphatic rings. The average Bonchev–Trinajstić information content (AvgIpc) is 2.96. The Balaban J connectivity index is 1.89. The lowest BCUT2D eigenvalue weighted by atomic mass is 10.0. The summed E-state index contributed by atoms with van der Waals surface area (Å²) < 4.78 is 1.71. The van der Waals surface area contributed by atoms with Gasteiger partial charge in [-0.25, -0.2) is 9.48 Å². The van der Waals surface area contributed by atoms with Gasteiger partial charge in [-0.2, -0.15) is 5.10 Å². The normalized spacial score (nSPS) is 17.8. The molecule has 0 saturated carbocycles. The van der Waals surface area contributed by atoms with Crippen LogP contribution in [0.4, 0.5) is 0 Å². The van der Waals surface area contributed by atoms with Crippen LogP contribution in [0.1, 0.15) is 41.0 Å². The maximum atomic E-state index is 12.8. The molecule has 1 amide bonds. The highest BCUT2D eigenvalue weighted by Crippen LogP contribution is 2.21. The molecule has 0 radical (unpaired) electrons. The number of aryl methyl sites for hydroxylation is 2. The molecule has 0 aliphatic carbocycles. The zero-order valence-corrected chi connectivity index (χ0v) is 13.9. The fraction of sp³-hybridized carbons (Fsp3) is 0.389. The molecule has 1 atom stereocenters. The summed E-state index contributed by atoms with van der Waals surface area (Å²) in [6, 6.07) is 8.84. The second kappa shape index (κ2) is 6.47. The van der Waals surface area contributed by atoms with Crippen molar-refractivity contribution in [3.05, 3.63) is 47.3 Å². The standard InChI is InChI=1S/C18H21N3O3/c1-12-6-8-14(9-7-12)21-13(2)11-15(19-21)17(22)20-10-4-3-5-16(20)18(23)24/h6-9,11,16H,3-5,10H2,1-2H3,(H,23,24). The molecular formula is C18H21N3O3. The SMILES string of the molecule is Cc1ccc(-n2nc(C(=O)N3CCCCC3C(=O)O)cc2C)cc1. The molecule has 1 aromatic carbocycles. The Morgan fingerprint density at radius 3 is 2.54 bits per heavy atom. The first-order valence-electron chi connectivity index (χ1n) is 8.15. The lowest BCUT2D eigenvalue weighted by Crippen LogP contribution is -2.48. The highest BCUT2D eigenvalue weighted by atomic mass is 16.4. The van der Waals surface area contributed by atoms with Crippen molar-refractivity contribution in [3.63, 3.8) is 0 Å². The van der Waals surface area contributed by atoms with Gasteiger partial charge in [0.25, 0.3) is 5.91 Å². The predicted molar refractivity (Wildman–Crippen MR) is 89.3 cm³/mol. The minimum absolute atomic E-state index is 0.293. The lowest BCUT2D eigenvalue weighted by Gasteiger charge is -2.32. The number of likely N-dealkylation sites (tertiary alicyclic amines) is 1. The topological polar surface area (TPSA) is 75.4 Å². The van der Waals surface area contributed by atoms with Crippen LogP contribution in [-0.2, 0) is 4.79 Å². The predicted octanol–water partition coefficient (Wildman–Crippen LogP) is 2.57. The Labute approximate surface area is 140 Å². The number of aliphatic carboxylic acids is 1. The number of carboxylic acids is 1. The average molecular weight is 327 g/mol. The smallest absolute Gasteiger partial charge is 0.326 e. The van der Waals surface area contributed by atoms with Gasteiger partial charge in [0.05, 0.1) is 5.69 Å². The van der Waals surface area contributed by atoms with Crippen LogP contribution < -0.4 is 0 Å². The van der Waals surface area contributed by atoms with Crippen LogP contribution in [0.5, 0.6) is 0 Å². The largest absolute Gasteiger partial charge is 0.480 e. The van der Waals surface area contributed by atoms with Crippen molar-refractivity contribution in [3.8, 4) is 5.69 Å². The number of carbonyl (C=O) groups is 2. The molecule has 1 N–H and O–H groups in total. The molecule has 1 aromatic heterocycles. The minimum atomic E-state index is -0.947. The van der Waals surface area contributed by atoms with Crippen LogP contribution in [0, 0.1) is 13.8 Å². The maximum absolute atomic E-state index is 12.8. The highest BCUT2D eigenvalue weighted by Gasteiger charge is 2.33. The van der Waals surface area contributed by atoms with Gasteiger partial charge in [-0.05, 0) is 51.3 Å². The number of aromatic nitrogens is 2. The molecular weight excluding hydrogens is 306 g/mol. The molecule has 0 spiro atoms. The van der Waals surface area contributed by atoms with Crippen molar-refractivity contribution in [1.29, 1.82) is 0 Å². The molecule has 2 heterocycles. The summed E-state index contributed by atoms with van der Waals surface area (Å²) in [6.45, 7) is 4.36. The third-order valence-electron chi connectivity index (χ3n) is 4.43. The van der Waals surface area contributed by atoms with Crippen LogP contribution in [0.3, 0.4) is 0 Å². The number of hydrogen-bond donors (Lipinski definition) is 1. The van der Waals surface area contributed by atoms with Gasteiger partial charge in [0.2, 0.25) is 0 Å². The first-order chi connectivity index (χ1) is 11.5. The summed E-state index contributed by atoms with van der Waals surface area (Å²) in [5, 5.41) is 13.8. The van der Waals surface area contributed by atoms with Gasteiger partial charge in [0.1, 0.15) is 6.04 Å². The van der Waals surface area contributed by atoms with E-state index in [2.05, 4.69) is 5.10 Å². The molecule has 1 saturated heterocycles. The molecule has 3 rings (SSSR count). The molecule has 2 aromatic rings. The zero-order chi connectivity index (χ0) is 17.3. The first kappa shape index (κ1) is 16.2. The van der Waals surface area contributed by atoms with E-state index in [1.165, 1.54) is 4.90 Å². The number of amides is 1. The van der Waals surface area contributed by atoms with Crippen LogP contribution in [-0.4, -0.2) is 44.3 Å². The quantitative estimate of drug-likeness (QED) is 0.940. The molecule has 126 valence electrons. The Kier molecular flexibility index (Phi) is 4.38. The molecule has 0 bridgehead atoms. The van der Waals surface area contributed by atoms with E-state index in [9.17, 15) is 14.7 Å². The molecule has 1 fully saturated rings. The van der Waals surface area contributed by atoms with Crippen LogP contribution >= 0.6 is 0 Å². The number of hydrogen-bond acceptors (Lipinski definition) is 3. The number of carboxylic acid groups (broad SMARTS) is 1. The van der Waals surface area contributed by atoms with E-state index < -0.39 is 12.0 Å². The summed E-state index contributed by atoms with van der Waals surface area (Å²) in [5.74, 6) is -1.26. The number of piperidine rings is 1. The third-order valence-corrected chi connectivity index (χ3v) is 4.43. The molecule has 1 aliphatic heterocycles. The monoisotopic (exact) mass is 327 g/mol. The summed E-state index contributed by atoms with van der Waals surface area (Å²) in [4.78, 5) is 25.6. The van der Waals surface area contributed by atoms with Gasteiger partial charge in [-0.15, -0.1) is 0 Å². The number of carbonyl (C=O) groups excluding carboxylic acids is 1. The number of nitrogens with zero attached hydrogens (tertiary/aromatic N) is 3. The lowest BCUT2D eigenvalue weighted by molar-refractivity contribution is -0.143. The van der Waals surface area contributed by atoms with Gasteiger partial charge in [0.15, 0.2) is 5.69 Å². The summed E-state index contributed by atoms with van der Waals surface area (Å²) in [7, 11) is 0. The van der Waals surface area contributed by atoms with Gasteiger partial charge >= 0.3 is 5.97 Å². The van der Waals surface area contributed by atoms with Crippen molar-refractivity contribution in [2.75, 3.05) is 6.54 Å². The van der Waals surface area contributed by atoms with Gasteiger partial charge in [-0.3, -0.25) is 4.79 Å². The fourth-order valence-electron chi connectivity index (χ4n) is 3.10. The number of rotatable bonds is 3. The second-order valence-electron chi connectivity index (χ2n) is 6.27. The van der Waals surface area contributed by atoms with Crippen molar-refractivity contribution >= 4 is 11.9 Å². The third kappa shape index (κ3) is 3.04. The van der Waals surface area contributed by atoms with E-state index in [1.54, 1.807) is 10.7 Å². The van der Waals surface area contributed by atoms with Crippen molar-refractivity contribution in [1.82, 2.24) is 14.7 Å². The first-order valence-corrected chi connectivity index (χ1v) is 8.15. The van der Waals surface area contributed by atoms with Crippen molar-refractivity contribution < 1.29 is 14.7 Å². The van der Waals surface area contributed by atoms with E-state index in [-0.39, 0.29) is 5.91 Å². The van der Waals surface area contributed by atoms with Gasteiger partial charge in [0, 0.05) is 12.2 Å². The summed E-state index contributed by atoms with van der Waals surface area (Å²) in [5.41, 5.74) is 3.16. The van der Waals surface area contributed by atoms with Gasteiger partial charge < -0.3 is 10.0 Å². The Morgan fingerprint density at radius 2 is 1.88 bits per heavy atom. The Morgan fingerprint density at radius 1 is 1.17 bits per heavy atom. The Bertz CT molecular complexity index is 764. The summed E-state index contributed by atoms with van der Waals surface area (Å²) in [6.07, 6.45) is 2.16. The Hall–Kier alpha value is -2.63. The summed E-state index contributed by atoms with van der Waals surface area (Å²) >= 11 is 0. The molecule has 6 heteroatoms. The van der Waals surface area contributed by atoms with Gasteiger partial charge in [-0.1, -0.05) is 17.7 Å². The molecule has 24 heavy (non-hydrogen) atoms. The molecule has 6 nitrogen and oxygen atoms in total. The molecule has 1 unspecified atom stereocenters. The second-order valence-corrected chi connectivity index (χ2v) is 6.27. The van der Waals surface area contributed by atoms with Crippen LogP contribution in [0.2, 0.25) is 0 Å². The highest BCUT2D eigenvalue weighted by molar-refractivity contribution is 5.95.